The number of carbonyl (C=O) groups is 1. The maximum absolute atomic E-state index is 11.8. The predicted octanol–water partition coefficient (Wildman–Crippen LogP) is 3.40. The van der Waals surface area contributed by atoms with Crippen LogP contribution >= 0.6 is 47.8 Å². The van der Waals surface area contributed by atoms with Crippen molar-refractivity contribution < 1.29 is 4.79 Å². The lowest BCUT2D eigenvalue weighted by atomic mass is 10.2. The molecule has 6 heteroatoms. The maximum Gasteiger partial charge on any atom is 0.244 e. The van der Waals surface area contributed by atoms with E-state index in [-0.39, 0.29) is 5.91 Å². The van der Waals surface area contributed by atoms with Gasteiger partial charge in [0.15, 0.2) is 0 Å². The summed E-state index contributed by atoms with van der Waals surface area (Å²) in [6, 6.07) is 3.74. The molecule has 0 spiro atoms. The Hall–Kier alpha value is 0.0900. The van der Waals surface area contributed by atoms with Crippen molar-refractivity contribution in [2.45, 2.75) is 18.4 Å². The molecule has 1 aliphatic carbocycles. The molecule has 86 valence electrons. The number of halogens is 3. The van der Waals surface area contributed by atoms with E-state index in [1.54, 1.807) is 0 Å². The number of benzene rings is 1. The van der Waals surface area contributed by atoms with Crippen LogP contribution in [0.4, 0.5) is 5.69 Å². The molecule has 1 aromatic rings. The molecule has 1 fully saturated rings. The molecule has 1 aliphatic rings. The standard InChI is InChI=1S/C10H9Br3N2O/c11-5-3-6(12)8(7(13)4-5)15-9(16)10(14)1-2-10/h3-4H,1-2,14H2,(H,15,16). The number of hydrogen-bond acceptors (Lipinski definition) is 2. The van der Waals surface area contributed by atoms with Crippen LogP contribution in [-0.4, -0.2) is 11.4 Å². The van der Waals surface area contributed by atoms with Gasteiger partial charge >= 0.3 is 0 Å². The van der Waals surface area contributed by atoms with Gasteiger partial charge in [0.05, 0.1) is 11.2 Å². The lowest BCUT2D eigenvalue weighted by Crippen LogP contribution is -2.38. The molecule has 0 aliphatic heterocycles. The molecule has 1 saturated carbocycles. The minimum atomic E-state index is -0.661. The summed E-state index contributed by atoms with van der Waals surface area (Å²) in [7, 11) is 0. The van der Waals surface area contributed by atoms with Gasteiger partial charge in [-0.3, -0.25) is 4.79 Å². The summed E-state index contributed by atoms with van der Waals surface area (Å²) in [6.07, 6.45) is 1.51. The molecule has 0 atom stereocenters. The third-order valence-electron chi connectivity index (χ3n) is 2.49. The molecule has 0 unspecified atom stereocenters. The van der Waals surface area contributed by atoms with E-state index in [0.29, 0.717) is 5.69 Å². The molecule has 0 heterocycles. The second-order valence-corrected chi connectivity index (χ2v) is 6.48. The van der Waals surface area contributed by atoms with E-state index in [0.717, 1.165) is 26.3 Å². The van der Waals surface area contributed by atoms with E-state index < -0.39 is 5.54 Å². The third-order valence-corrected chi connectivity index (χ3v) is 4.19. The molecule has 3 N–H and O–H groups in total. The molecule has 0 radical (unpaired) electrons. The van der Waals surface area contributed by atoms with E-state index in [2.05, 4.69) is 53.1 Å². The highest BCUT2D eigenvalue weighted by atomic mass is 79.9. The van der Waals surface area contributed by atoms with Gasteiger partial charge in [-0.2, -0.15) is 0 Å². The molecular weight excluding hydrogens is 404 g/mol. The first-order valence-corrected chi connectivity index (χ1v) is 7.05. The van der Waals surface area contributed by atoms with Gasteiger partial charge in [-0.25, -0.2) is 0 Å². The first-order chi connectivity index (χ1) is 7.42. The Morgan fingerprint density at radius 1 is 1.25 bits per heavy atom. The largest absolute Gasteiger partial charge is 0.323 e. The van der Waals surface area contributed by atoms with Gasteiger partial charge < -0.3 is 11.1 Å². The number of anilines is 1. The Kier molecular flexibility index (Phi) is 3.45. The van der Waals surface area contributed by atoms with Crippen LogP contribution in [-0.2, 0) is 4.79 Å². The smallest absolute Gasteiger partial charge is 0.244 e. The second-order valence-electron chi connectivity index (χ2n) is 3.85. The summed E-state index contributed by atoms with van der Waals surface area (Å²) in [5, 5.41) is 2.83. The predicted molar refractivity (Wildman–Crippen MR) is 74.3 cm³/mol. The van der Waals surface area contributed by atoms with E-state index in [1.807, 2.05) is 12.1 Å². The summed E-state index contributed by atoms with van der Waals surface area (Å²) >= 11 is 10.2. The second kappa shape index (κ2) is 4.40. The molecule has 1 amide bonds. The van der Waals surface area contributed by atoms with Crippen molar-refractivity contribution in [1.29, 1.82) is 0 Å². The lowest BCUT2D eigenvalue weighted by molar-refractivity contribution is -0.118. The van der Waals surface area contributed by atoms with Gasteiger partial charge in [-0.15, -0.1) is 0 Å². The number of hydrogen-bond donors (Lipinski definition) is 2. The zero-order valence-corrected chi connectivity index (χ0v) is 12.9. The lowest BCUT2D eigenvalue weighted by Gasteiger charge is -2.13. The Labute approximate surface area is 119 Å². The van der Waals surface area contributed by atoms with E-state index in [1.165, 1.54) is 0 Å². The fourth-order valence-corrected chi connectivity index (χ4v) is 3.72. The van der Waals surface area contributed by atoms with Crippen LogP contribution in [0, 0.1) is 0 Å². The summed E-state index contributed by atoms with van der Waals surface area (Å²) in [4.78, 5) is 11.8. The highest BCUT2D eigenvalue weighted by molar-refractivity contribution is 9.11. The summed E-state index contributed by atoms with van der Waals surface area (Å²) in [5.74, 6) is -0.128. The van der Waals surface area contributed by atoms with Gasteiger partial charge in [-0.1, -0.05) is 15.9 Å². The Morgan fingerprint density at radius 2 is 1.75 bits per heavy atom. The molecule has 0 aromatic heterocycles. The number of nitrogens with two attached hydrogens (primary N) is 1. The minimum absolute atomic E-state index is 0.128. The molecule has 0 bridgehead atoms. The van der Waals surface area contributed by atoms with Crippen molar-refractivity contribution in [2.24, 2.45) is 5.73 Å². The molecular formula is C10H9Br3N2O. The van der Waals surface area contributed by atoms with Gasteiger partial charge in [-0.05, 0) is 56.8 Å². The van der Waals surface area contributed by atoms with Gasteiger partial charge in [0.1, 0.15) is 0 Å². The summed E-state index contributed by atoms with van der Waals surface area (Å²) < 4.78 is 2.55. The minimum Gasteiger partial charge on any atom is -0.323 e. The molecule has 2 rings (SSSR count). The zero-order chi connectivity index (χ0) is 11.9. The molecule has 1 aromatic carbocycles. The normalized spacial score (nSPS) is 17.0. The average molecular weight is 413 g/mol. The van der Waals surface area contributed by atoms with E-state index >= 15 is 0 Å². The van der Waals surface area contributed by atoms with Crippen LogP contribution in [0.3, 0.4) is 0 Å². The van der Waals surface area contributed by atoms with Crippen molar-refractivity contribution in [3.05, 3.63) is 25.6 Å². The SMILES string of the molecule is NC1(C(=O)Nc2c(Br)cc(Br)cc2Br)CC1. The topological polar surface area (TPSA) is 55.1 Å². The van der Waals surface area contributed by atoms with Crippen molar-refractivity contribution in [3.8, 4) is 0 Å². The van der Waals surface area contributed by atoms with E-state index in [9.17, 15) is 4.79 Å². The fraction of sp³-hybridized carbons (Fsp3) is 0.300. The van der Waals surface area contributed by atoms with Crippen LogP contribution in [0.1, 0.15) is 12.8 Å². The van der Waals surface area contributed by atoms with Crippen molar-refractivity contribution in [1.82, 2.24) is 0 Å². The number of amides is 1. The quantitative estimate of drug-likeness (QED) is 0.782. The van der Waals surface area contributed by atoms with Crippen molar-refractivity contribution in [3.63, 3.8) is 0 Å². The Balaban J connectivity index is 2.24. The Bertz CT molecular complexity index is 434. The van der Waals surface area contributed by atoms with Crippen LogP contribution in [0.2, 0.25) is 0 Å². The number of carbonyl (C=O) groups excluding carboxylic acids is 1. The van der Waals surface area contributed by atoms with Crippen LogP contribution in [0.25, 0.3) is 0 Å². The van der Waals surface area contributed by atoms with Gasteiger partial charge in [0.2, 0.25) is 5.91 Å². The van der Waals surface area contributed by atoms with Crippen LogP contribution < -0.4 is 11.1 Å². The average Bonchev–Trinajstić information content (AvgIpc) is 2.91. The van der Waals surface area contributed by atoms with Crippen LogP contribution in [0.5, 0.6) is 0 Å². The first-order valence-electron chi connectivity index (χ1n) is 4.67. The highest BCUT2D eigenvalue weighted by Gasteiger charge is 2.46. The molecule has 16 heavy (non-hydrogen) atoms. The van der Waals surface area contributed by atoms with Gasteiger partial charge in [0, 0.05) is 13.4 Å². The summed E-state index contributed by atoms with van der Waals surface area (Å²) in [6.45, 7) is 0. The fourth-order valence-electron chi connectivity index (χ4n) is 1.26. The van der Waals surface area contributed by atoms with Crippen molar-refractivity contribution >= 4 is 59.4 Å². The first kappa shape index (κ1) is 12.5. The zero-order valence-electron chi connectivity index (χ0n) is 8.19. The number of nitrogens with one attached hydrogen (secondary N) is 1. The highest BCUT2D eigenvalue weighted by Crippen LogP contribution is 2.38. The maximum atomic E-state index is 11.8. The molecule has 0 saturated heterocycles. The van der Waals surface area contributed by atoms with E-state index in [4.69, 9.17) is 5.73 Å². The van der Waals surface area contributed by atoms with Crippen LogP contribution in [0.15, 0.2) is 25.6 Å². The van der Waals surface area contributed by atoms with Crippen molar-refractivity contribution in [2.75, 3.05) is 5.32 Å². The monoisotopic (exact) mass is 410 g/mol. The third kappa shape index (κ3) is 2.50. The summed E-state index contributed by atoms with van der Waals surface area (Å²) in [5.41, 5.74) is 5.87. The Morgan fingerprint density at radius 3 is 2.19 bits per heavy atom. The number of rotatable bonds is 2. The molecule has 3 nitrogen and oxygen atoms in total. The van der Waals surface area contributed by atoms with Gasteiger partial charge in [0.25, 0.3) is 0 Å².